The van der Waals surface area contributed by atoms with E-state index in [9.17, 15) is 14.0 Å². The number of carbonyl (C=O) groups excluding carboxylic acids is 2. The molecule has 6 nitrogen and oxygen atoms in total. The number of nitrogens with one attached hydrogen (secondary N) is 2. The highest BCUT2D eigenvalue weighted by Gasteiger charge is 2.31. The third kappa shape index (κ3) is 4.83. The minimum absolute atomic E-state index is 0.260. The van der Waals surface area contributed by atoms with E-state index in [1.54, 1.807) is 49.5 Å². The topological polar surface area (TPSA) is 73.8 Å². The Bertz CT molecular complexity index is 1240. The number of nitrogens with zero attached hydrogens (tertiary/aromatic N) is 2. The van der Waals surface area contributed by atoms with Gasteiger partial charge in [0.25, 0.3) is 5.91 Å². The van der Waals surface area contributed by atoms with Crippen LogP contribution in [-0.4, -0.2) is 30.9 Å². The first kappa shape index (κ1) is 23.2. The summed E-state index contributed by atoms with van der Waals surface area (Å²) in [5.41, 5.74) is 3.92. The van der Waals surface area contributed by atoms with Crippen molar-refractivity contribution in [2.45, 2.75) is 32.5 Å². The molecule has 2 N–H and O–H groups in total. The smallest absolute Gasteiger partial charge is 0.317 e. The predicted molar refractivity (Wildman–Crippen MR) is 132 cm³/mol. The van der Waals surface area contributed by atoms with Crippen molar-refractivity contribution in [1.82, 2.24) is 10.6 Å². The zero-order chi connectivity index (χ0) is 24.2. The quantitative estimate of drug-likeness (QED) is 0.587. The summed E-state index contributed by atoms with van der Waals surface area (Å²) in [4.78, 5) is 31.8. The van der Waals surface area contributed by atoms with Crippen LogP contribution in [0.3, 0.4) is 0 Å². The van der Waals surface area contributed by atoms with Gasteiger partial charge in [0.15, 0.2) is 0 Å². The Balaban J connectivity index is 1.58. The number of carbonyl (C=O) groups is 2. The van der Waals surface area contributed by atoms with Gasteiger partial charge in [-0.3, -0.25) is 4.79 Å². The van der Waals surface area contributed by atoms with Crippen LogP contribution in [0.25, 0.3) is 0 Å². The first-order valence-corrected chi connectivity index (χ1v) is 11.2. The van der Waals surface area contributed by atoms with E-state index in [-0.39, 0.29) is 5.56 Å². The Morgan fingerprint density at radius 1 is 1.00 bits per heavy atom. The number of aliphatic imine (C=N–C) groups is 1. The maximum atomic E-state index is 14.7. The minimum atomic E-state index is -1.21. The maximum absolute atomic E-state index is 14.7. The van der Waals surface area contributed by atoms with Crippen LogP contribution < -0.4 is 15.5 Å². The monoisotopic (exact) mass is 458 g/mol. The summed E-state index contributed by atoms with van der Waals surface area (Å²) < 4.78 is 14.7. The zero-order valence-electron chi connectivity index (χ0n) is 19.4. The van der Waals surface area contributed by atoms with Crippen LogP contribution in [0.2, 0.25) is 0 Å². The fourth-order valence-corrected chi connectivity index (χ4v) is 3.86. The van der Waals surface area contributed by atoms with Crippen LogP contribution in [-0.2, 0) is 11.3 Å². The van der Waals surface area contributed by atoms with Gasteiger partial charge in [-0.25, -0.2) is 14.2 Å². The van der Waals surface area contributed by atoms with Crippen molar-refractivity contribution in [2.24, 2.45) is 4.99 Å². The number of anilines is 1. The van der Waals surface area contributed by atoms with Crippen LogP contribution in [0.1, 0.15) is 42.0 Å². The molecule has 3 aromatic rings. The van der Waals surface area contributed by atoms with Crippen LogP contribution in [0, 0.1) is 5.82 Å². The fourth-order valence-electron chi connectivity index (χ4n) is 3.86. The lowest BCUT2D eigenvalue weighted by Gasteiger charge is -2.21. The van der Waals surface area contributed by atoms with E-state index in [0.717, 1.165) is 5.56 Å². The van der Waals surface area contributed by atoms with Crippen LogP contribution in [0.5, 0.6) is 0 Å². The number of halogens is 1. The molecule has 0 bridgehead atoms. The molecule has 0 saturated heterocycles. The molecule has 7 heteroatoms. The molecule has 3 amide bonds. The molecule has 1 unspecified atom stereocenters. The number of benzene rings is 3. The molecule has 0 radical (unpaired) electrons. The van der Waals surface area contributed by atoms with Crippen molar-refractivity contribution in [1.29, 1.82) is 0 Å². The summed E-state index contributed by atoms with van der Waals surface area (Å²) in [5.74, 6) is -0.453. The molecule has 34 heavy (non-hydrogen) atoms. The number of likely N-dealkylation sites (N-methyl/N-ethyl adjacent to an activating group) is 1. The molecular weight excluding hydrogens is 431 g/mol. The molecule has 0 saturated carbocycles. The van der Waals surface area contributed by atoms with E-state index in [2.05, 4.69) is 29.5 Å². The largest absolute Gasteiger partial charge is 0.334 e. The Kier molecular flexibility index (Phi) is 6.72. The van der Waals surface area contributed by atoms with E-state index in [4.69, 9.17) is 0 Å². The average molecular weight is 459 g/mol. The van der Waals surface area contributed by atoms with Gasteiger partial charge in [0.1, 0.15) is 5.82 Å². The van der Waals surface area contributed by atoms with Crippen molar-refractivity contribution < 1.29 is 14.0 Å². The normalized spacial score (nSPS) is 15.4. The minimum Gasteiger partial charge on any atom is -0.334 e. The summed E-state index contributed by atoms with van der Waals surface area (Å²) in [6, 6.07) is 20.9. The van der Waals surface area contributed by atoms with Gasteiger partial charge >= 0.3 is 6.03 Å². The van der Waals surface area contributed by atoms with Gasteiger partial charge in [-0.2, -0.15) is 0 Å². The summed E-state index contributed by atoms with van der Waals surface area (Å²) in [6.45, 7) is 4.54. The van der Waals surface area contributed by atoms with E-state index in [1.807, 2.05) is 24.3 Å². The Labute approximate surface area is 198 Å². The Morgan fingerprint density at radius 2 is 1.65 bits per heavy atom. The van der Waals surface area contributed by atoms with Gasteiger partial charge in [-0.15, -0.1) is 0 Å². The summed E-state index contributed by atoms with van der Waals surface area (Å²) in [7, 11) is 1.61. The summed E-state index contributed by atoms with van der Waals surface area (Å²) >= 11 is 0. The van der Waals surface area contributed by atoms with Crippen molar-refractivity contribution >= 4 is 23.3 Å². The van der Waals surface area contributed by atoms with Crippen LogP contribution >= 0.6 is 0 Å². The number of fused-ring (bicyclic) bond motifs is 1. The first-order chi connectivity index (χ1) is 16.3. The number of rotatable bonds is 5. The summed E-state index contributed by atoms with van der Waals surface area (Å²) in [5, 5.41) is 5.42. The molecule has 1 aliphatic rings. The molecule has 4 rings (SSSR count). The van der Waals surface area contributed by atoms with Crippen molar-refractivity contribution in [3.05, 3.63) is 101 Å². The van der Waals surface area contributed by atoms with E-state index < -0.39 is 23.9 Å². The summed E-state index contributed by atoms with van der Waals surface area (Å²) in [6.07, 6.45) is -1.21. The molecule has 3 aromatic carbocycles. The van der Waals surface area contributed by atoms with Crippen LogP contribution in [0.15, 0.2) is 77.8 Å². The van der Waals surface area contributed by atoms with Gasteiger partial charge in [-0.1, -0.05) is 68.4 Å². The number of hydrogen-bond acceptors (Lipinski definition) is 3. The van der Waals surface area contributed by atoms with Crippen molar-refractivity contribution in [3.63, 3.8) is 0 Å². The highest BCUT2D eigenvalue weighted by Crippen LogP contribution is 2.28. The second-order valence-electron chi connectivity index (χ2n) is 8.50. The van der Waals surface area contributed by atoms with Crippen LogP contribution in [0.4, 0.5) is 14.9 Å². The third-order valence-electron chi connectivity index (χ3n) is 5.84. The van der Waals surface area contributed by atoms with E-state index in [0.29, 0.717) is 29.4 Å². The van der Waals surface area contributed by atoms with Gasteiger partial charge < -0.3 is 15.5 Å². The van der Waals surface area contributed by atoms with E-state index >= 15 is 0 Å². The number of amides is 3. The first-order valence-electron chi connectivity index (χ1n) is 11.2. The molecule has 0 spiro atoms. The SMILES string of the molecule is CC(C)c1ccc(CNC(=O)NC2N=C(c3ccccc3F)c3ccccc3N(C)C2=O)cc1. The van der Waals surface area contributed by atoms with Crippen molar-refractivity contribution in [3.8, 4) is 0 Å². The fraction of sp³-hybridized carbons (Fsp3) is 0.222. The molecule has 1 heterocycles. The molecule has 0 aromatic heterocycles. The molecule has 174 valence electrons. The molecule has 0 aliphatic carbocycles. The Hall–Kier alpha value is -4.00. The lowest BCUT2D eigenvalue weighted by atomic mass is 10.00. The lowest BCUT2D eigenvalue weighted by Crippen LogP contribution is -2.49. The standard InChI is InChI=1S/C27H27FN4O2/c1-17(2)19-14-12-18(13-15-19)16-29-27(34)31-25-26(33)32(3)23-11-7-5-9-21(23)24(30-25)20-8-4-6-10-22(20)28/h4-15,17,25H,16H2,1-3H3,(H2,29,31,34). The molecule has 0 fully saturated rings. The third-order valence-corrected chi connectivity index (χ3v) is 5.84. The number of para-hydroxylation sites is 1. The maximum Gasteiger partial charge on any atom is 0.317 e. The number of urea groups is 1. The average Bonchev–Trinajstić information content (AvgIpc) is 2.94. The number of hydrogen-bond donors (Lipinski definition) is 2. The molecular formula is C27H27FN4O2. The molecule has 1 atom stereocenters. The van der Waals surface area contributed by atoms with Crippen molar-refractivity contribution in [2.75, 3.05) is 11.9 Å². The second-order valence-corrected chi connectivity index (χ2v) is 8.50. The van der Waals surface area contributed by atoms with Gasteiger partial charge in [-0.05, 0) is 35.2 Å². The number of benzodiazepines with no additional fused rings is 1. The zero-order valence-corrected chi connectivity index (χ0v) is 19.4. The highest BCUT2D eigenvalue weighted by atomic mass is 19.1. The lowest BCUT2D eigenvalue weighted by molar-refractivity contribution is -0.119. The predicted octanol–water partition coefficient (Wildman–Crippen LogP) is 4.59. The Morgan fingerprint density at radius 3 is 2.32 bits per heavy atom. The molecule has 1 aliphatic heterocycles. The van der Waals surface area contributed by atoms with Gasteiger partial charge in [0.2, 0.25) is 6.17 Å². The highest BCUT2D eigenvalue weighted by molar-refractivity contribution is 6.20. The van der Waals surface area contributed by atoms with Gasteiger partial charge in [0, 0.05) is 24.7 Å². The van der Waals surface area contributed by atoms with Gasteiger partial charge in [0.05, 0.1) is 11.4 Å². The second kappa shape index (κ2) is 9.87. The van der Waals surface area contributed by atoms with E-state index in [1.165, 1.54) is 16.5 Å².